The largest absolute Gasteiger partial charge is 0.494 e. The Hall–Kier alpha value is -1.18. The van der Waals surface area contributed by atoms with Crippen LogP contribution in [-0.4, -0.2) is 56.7 Å². The molecule has 2 heterocycles. The molecule has 2 aliphatic rings. The molecule has 2 fully saturated rings. The summed E-state index contributed by atoms with van der Waals surface area (Å²) in [6, 6.07) is 4.95. The van der Waals surface area contributed by atoms with Gasteiger partial charge in [0.25, 0.3) is 0 Å². The summed E-state index contributed by atoms with van der Waals surface area (Å²) in [4.78, 5) is 2.23. The fourth-order valence-corrected chi connectivity index (χ4v) is 4.59. The van der Waals surface area contributed by atoms with E-state index in [1.165, 1.54) is 19.4 Å². The topological polar surface area (TPSA) is 49.9 Å². The Morgan fingerprint density at radius 2 is 2.14 bits per heavy atom. The number of fused-ring (bicyclic) bond motifs is 1. The highest BCUT2D eigenvalue weighted by Gasteiger charge is 2.46. The summed E-state index contributed by atoms with van der Waals surface area (Å²) in [5.74, 6) is 0.356. The minimum Gasteiger partial charge on any atom is -0.494 e. The summed E-state index contributed by atoms with van der Waals surface area (Å²) < 4.78 is 43.4. The molecule has 0 aliphatic carbocycles. The number of methoxy groups -OCH3 is 1. The van der Waals surface area contributed by atoms with Crippen LogP contribution in [0.5, 0.6) is 5.75 Å². The van der Waals surface area contributed by atoms with Crippen molar-refractivity contribution in [2.24, 2.45) is 5.92 Å². The van der Waals surface area contributed by atoms with E-state index < -0.39 is 10.0 Å². The van der Waals surface area contributed by atoms with Gasteiger partial charge in [0.15, 0.2) is 11.6 Å². The second-order valence-electron chi connectivity index (χ2n) is 6.15. The third-order valence-electron chi connectivity index (χ3n) is 4.64. The van der Waals surface area contributed by atoms with Gasteiger partial charge in [0, 0.05) is 25.7 Å². The van der Waals surface area contributed by atoms with E-state index in [1.807, 2.05) is 0 Å². The number of ether oxygens (including phenoxy) is 1. The summed E-state index contributed by atoms with van der Waals surface area (Å²) in [6.07, 6.45) is 2.28. The van der Waals surface area contributed by atoms with Crippen LogP contribution in [0.1, 0.15) is 12.0 Å². The van der Waals surface area contributed by atoms with E-state index in [4.69, 9.17) is 4.74 Å². The van der Waals surface area contributed by atoms with Crippen molar-refractivity contribution in [3.8, 4) is 5.75 Å². The van der Waals surface area contributed by atoms with E-state index in [2.05, 4.69) is 4.90 Å². The Labute approximate surface area is 130 Å². The number of benzene rings is 1. The standard InChI is InChI=1S/C15H21FN2O3S/c1-21-15-7-11(3-4-13(15)16)8-17-6-5-12-9-18(14(12)10-17)22(2,19)20/h3-4,7,12,14H,5-6,8-10H2,1-2H3/t12-,14-/m1/s1. The number of hydrogen-bond acceptors (Lipinski definition) is 4. The lowest BCUT2D eigenvalue weighted by Crippen LogP contribution is -2.65. The first-order valence-corrected chi connectivity index (χ1v) is 9.25. The van der Waals surface area contributed by atoms with Crippen LogP contribution in [0.15, 0.2) is 18.2 Å². The van der Waals surface area contributed by atoms with Crippen LogP contribution in [0.2, 0.25) is 0 Å². The fraction of sp³-hybridized carbons (Fsp3) is 0.600. The molecule has 5 nitrogen and oxygen atoms in total. The van der Waals surface area contributed by atoms with Crippen LogP contribution in [0.25, 0.3) is 0 Å². The van der Waals surface area contributed by atoms with Crippen LogP contribution in [0.3, 0.4) is 0 Å². The van der Waals surface area contributed by atoms with Gasteiger partial charge in [0.2, 0.25) is 10.0 Å². The van der Waals surface area contributed by atoms with Crippen LogP contribution < -0.4 is 4.74 Å². The molecule has 0 saturated carbocycles. The molecule has 122 valence electrons. The minimum absolute atomic E-state index is 0.0890. The molecule has 3 rings (SSSR count). The minimum atomic E-state index is -3.11. The molecule has 0 aromatic heterocycles. The van der Waals surface area contributed by atoms with E-state index in [0.29, 0.717) is 19.0 Å². The molecule has 0 spiro atoms. The van der Waals surface area contributed by atoms with Gasteiger partial charge in [-0.1, -0.05) is 6.07 Å². The molecule has 0 amide bonds. The molecule has 0 unspecified atom stereocenters. The lowest BCUT2D eigenvalue weighted by atomic mass is 9.84. The average Bonchev–Trinajstić information content (AvgIpc) is 2.42. The first-order valence-electron chi connectivity index (χ1n) is 7.40. The molecular formula is C15H21FN2O3S. The highest BCUT2D eigenvalue weighted by molar-refractivity contribution is 7.88. The lowest BCUT2D eigenvalue weighted by Gasteiger charge is -2.52. The van der Waals surface area contributed by atoms with Crippen LogP contribution in [-0.2, 0) is 16.6 Å². The molecule has 0 radical (unpaired) electrons. The third-order valence-corrected chi connectivity index (χ3v) is 5.91. The van der Waals surface area contributed by atoms with Gasteiger partial charge in [0.05, 0.1) is 13.4 Å². The van der Waals surface area contributed by atoms with Crippen molar-refractivity contribution in [2.45, 2.75) is 19.0 Å². The molecule has 1 aromatic rings. The summed E-state index contributed by atoms with van der Waals surface area (Å²) >= 11 is 0. The highest BCUT2D eigenvalue weighted by atomic mass is 32.2. The maximum atomic E-state index is 13.4. The summed E-state index contributed by atoms with van der Waals surface area (Å²) in [7, 11) is -1.66. The smallest absolute Gasteiger partial charge is 0.211 e. The number of nitrogens with zero attached hydrogens (tertiary/aromatic N) is 2. The number of likely N-dealkylation sites (tertiary alicyclic amines) is 1. The van der Waals surface area contributed by atoms with Crippen molar-refractivity contribution in [3.05, 3.63) is 29.6 Å². The van der Waals surface area contributed by atoms with Crippen molar-refractivity contribution in [1.82, 2.24) is 9.21 Å². The van der Waals surface area contributed by atoms with Crippen molar-refractivity contribution in [3.63, 3.8) is 0 Å². The number of hydrogen-bond donors (Lipinski definition) is 0. The number of sulfonamides is 1. The Morgan fingerprint density at radius 1 is 1.36 bits per heavy atom. The summed E-state index contributed by atoms with van der Waals surface area (Å²) in [5, 5.41) is 0. The number of halogens is 1. The Kier molecular flexibility index (Phi) is 4.13. The molecule has 22 heavy (non-hydrogen) atoms. The zero-order chi connectivity index (χ0) is 15.9. The van der Waals surface area contributed by atoms with E-state index in [1.54, 1.807) is 16.4 Å². The maximum absolute atomic E-state index is 13.4. The molecule has 2 aliphatic heterocycles. The molecule has 7 heteroatoms. The van der Waals surface area contributed by atoms with Crippen LogP contribution in [0, 0.1) is 11.7 Å². The Morgan fingerprint density at radius 3 is 2.82 bits per heavy atom. The predicted molar refractivity (Wildman–Crippen MR) is 81.7 cm³/mol. The molecule has 0 bridgehead atoms. The van der Waals surface area contributed by atoms with Gasteiger partial charge in [-0.25, -0.2) is 12.8 Å². The fourth-order valence-electron chi connectivity index (χ4n) is 3.40. The normalized spacial score (nSPS) is 26.3. The molecule has 2 atom stereocenters. The van der Waals surface area contributed by atoms with Gasteiger partial charge < -0.3 is 4.74 Å². The van der Waals surface area contributed by atoms with E-state index >= 15 is 0 Å². The SMILES string of the molecule is COc1cc(CN2CC[C@@H]3CN(S(C)(=O)=O)[C@@H]3C2)ccc1F. The second kappa shape index (κ2) is 5.79. The highest BCUT2D eigenvalue weighted by Crippen LogP contribution is 2.34. The Balaban J connectivity index is 1.67. The zero-order valence-electron chi connectivity index (χ0n) is 12.8. The van der Waals surface area contributed by atoms with Gasteiger partial charge in [-0.2, -0.15) is 4.31 Å². The van der Waals surface area contributed by atoms with Gasteiger partial charge in [0.1, 0.15) is 0 Å². The molecule has 1 aromatic carbocycles. The van der Waals surface area contributed by atoms with Gasteiger partial charge in [-0.05, 0) is 36.6 Å². The number of rotatable bonds is 4. The van der Waals surface area contributed by atoms with Crippen molar-refractivity contribution in [2.75, 3.05) is 33.0 Å². The second-order valence-corrected chi connectivity index (χ2v) is 8.09. The van der Waals surface area contributed by atoms with Gasteiger partial charge >= 0.3 is 0 Å². The van der Waals surface area contributed by atoms with E-state index in [9.17, 15) is 12.8 Å². The van der Waals surface area contributed by atoms with Gasteiger partial charge in [-0.15, -0.1) is 0 Å². The first-order chi connectivity index (χ1) is 10.4. The molecular weight excluding hydrogens is 307 g/mol. The summed E-state index contributed by atoms with van der Waals surface area (Å²) in [6.45, 7) is 3.01. The first kappa shape index (κ1) is 15.7. The van der Waals surface area contributed by atoms with Gasteiger partial charge in [-0.3, -0.25) is 4.90 Å². The van der Waals surface area contributed by atoms with Crippen molar-refractivity contribution >= 4 is 10.0 Å². The van der Waals surface area contributed by atoms with Crippen LogP contribution in [0.4, 0.5) is 4.39 Å². The lowest BCUT2D eigenvalue weighted by molar-refractivity contribution is 0.0110. The van der Waals surface area contributed by atoms with Crippen molar-refractivity contribution in [1.29, 1.82) is 0 Å². The maximum Gasteiger partial charge on any atom is 0.211 e. The molecule has 2 saturated heterocycles. The van der Waals surface area contributed by atoms with Crippen LogP contribution >= 0.6 is 0 Å². The van der Waals surface area contributed by atoms with Crippen molar-refractivity contribution < 1.29 is 17.5 Å². The quantitative estimate of drug-likeness (QED) is 0.836. The Bertz CT molecular complexity index is 665. The number of piperidine rings is 1. The third kappa shape index (κ3) is 2.98. The average molecular weight is 328 g/mol. The predicted octanol–water partition coefficient (Wildman–Crippen LogP) is 1.30. The zero-order valence-corrected chi connectivity index (χ0v) is 13.6. The summed E-state index contributed by atoms with van der Waals surface area (Å²) in [5.41, 5.74) is 0.974. The molecule has 0 N–H and O–H groups in total. The van der Waals surface area contributed by atoms with E-state index in [0.717, 1.165) is 25.1 Å². The monoisotopic (exact) mass is 328 g/mol. The van der Waals surface area contributed by atoms with E-state index in [-0.39, 0.29) is 17.6 Å².